The second-order valence-corrected chi connectivity index (χ2v) is 5.06. The van der Waals surface area contributed by atoms with Gasteiger partial charge in [-0.05, 0) is 34.1 Å². The first-order valence-electron chi connectivity index (χ1n) is 4.80. The van der Waals surface area contributed by atoms with E-state index < -0.39 is 0 Å². The quantitative estimate of drug-likeness (QED) is 0.899. The van der Waals surface area contributed by atoms with Crippen LogP contribution < -0.4 is 5.32 Å². The zero-order valence-corrected chi connectivity index (χ0v) is 11.9. The number of amides is 1. The summed E-state index contributed by atoms with van der Waals surface area (Å²) in [6, 6.07) is 4.63. The molecule has 7 heteroatoms. The zero-order chi connectivity index (χ0) is 13.1. The first-order valence-corrected chi connectivity index (χ1v) is 6.35. The summed E-state index contributed by atoms with van der Waals surface area (Å²) in [6.07, 6.45) is 3.07. The third-order valence-corrected chi connectivity index (χ3v) is 2.98. The van der Waals surface area contributed by atoms with Gasteiger partial charge in [-0.1, -0.05) is 23.2 Å². The van der Waals surface area contributed by atoms with E-state index in [1.807, 2.05) is 0 Å². The average Bonchev–Trinajstić information content (AvgIpc) is 2.32. The Morgan fingerprint density at radius 2 is 1.89 bits per heavy atom. The second kappa shape index (κ2) is 5.65. The highest BCUT2D eigenvalue weighted by Gasteiger charge is 2.11. The molecular formula is C11H6BrCl2N3O. The van der Waals surface area contributed by atoms with Crippen LogP contribution in [-0.4, -0.2) is 15.9 Å². The first kappa shape index (κ1) is 13.3. The molecule has 92 valence electrons. The third-order valence-electron chi connectivity index (χ3n) is 2.02. The lowest BCUT2D eigenvalue weighted by Crippen LogP contribution is -2.14. The van der Waals surface area contributed by atoms with E-state index in [1.54, 1.807) is 12.1 Å². The number of nitrogens with one attached hydrogen (secondary N) is 1. The largest absolute Gasteiger partial charge is 0.290 e. The van der Waals surface area contributed by atoms with E-state index >= 15 is 0 Å². The minimum absolute atomic E-state index is 0.203. The fraction of sp³-hybridized carbons (Fsp3) is 0. The van der Waals surface area contributed by atoms with E-state index in [2.05, 4.69) is 31.2 Å². The molecule has 4 nitrogen and oxygen atoms in total. The van der Waals surface area contributed by atoms with Crippen molar-refractivity contribution in [3.63, 3.8) is 0 Å². The van der Waals surface area contributed by atoms with Gasteiger partial charge in [0.2, 0.25) is 5.95 Å². The van der Waals surface area contributed by atoms with Crippen molar-refractivity contribution in [2.24, 2.45) is 0 Å². The van der Waals surface area contributed by atoms with Gasteiger partial charge in [-0.25, -0.2) is 9.97 Å². The summed E-state index contributed by atoms with van der Waals surface area (Å²) in [5.74, 6) is -0.187. The molecule has 0 aliphatic carbocycles. The van der Waals surface area contributed by atoms with Crippen LogP contribution in [-0.2, 0) is 0 Å². The van der Waals surface area contributed by atoms with E-state index in [-0.39, 0.29) is 16.9 Å². The summed E-state index contributed by atoms with van der Waals surface area (Å²) in [5, 5.41) is 3.28. The summed E-state index contributed by atoms with van der Waals surface area (Å²) in [5.41, 5.74) is 0.313. The molecule has 0 aliphatic rings. The minimum atomic E-state index is -0.390. The van der Waals surface area contributed by atoms with Crippen LogP contribution in [0.3, 0.4) is 0 Å². The molecule has 18 heavy (non-hydrogen) atoms. The topological polar surface area (TPSA) is 54.9 Å². The Hall–Kier alpha value is -1.17. The van der Waals surface area contributed by atoms with Crippen LogP contribution in [0, 0.1) is 0 Å². The van der Waals surface area contributed by atoms with E-state index in [1.165, 1.54) is 18.5 Å². The van der Waals surface area contributed by atoms with Crippen molar-refractivity contribution in [3.8, 4) is 0 Å². The number of carbonyl (C=O) groups is 1. The van der Waals surface area contributed by atoms with Gasteiger partial charge in [0.25, 0.3) is 5.91 Å². The zero-order valence-electron chi connectivity index (χ0n) is 8.82. The number of carbonyl (C=O) groups excluding carboxylic acids is 1. The molecule has 0 unspecified atom stereocenters. The molecule has 0 saturated carbocycles. The maximum Gasteiger partial charge on any atom is 0.259 e. The maximum absolute atomic E-state index is 11.9. The maximum atomic E-state index is 11.9. The number of aromatic nitrogens is 2. The number of anilines is 1. The fourth-order valence-electron chi connectivity index (χ4n) is 1.22. The number of rotatable bonds is 2. The summed E-state index contributed by atoms with van der Waals surface area (Å²) < 4.78 is 0.727. The van der Waals surface area contributed by atoms with Crippen LogP contribution >= 0.6 is 39.1 Å². The number of hydrogen-bond donors (Lipinski definition) is 1. The first-order chi connectivity index (χ1) is 8.56. The molecule has 0 saturated heterocycles. The second-order valence-electron chi connectivity index (χ2n) is 3.30. The highest BCUT2D eigenvalue weighted by molar-refractivity contribution is 9.10. The number of halogens is 3. The van der Waals surface area contributed by atoms with Crippen LogP contribution in [0.15, 0.2) is 35.1 Å². The molecule has 1 N–H and O–H groups in total. The molecule has 1 aromatic carbocycles. The Bertz CT molecular complexity index is 589. The smallest absolute Gasteiger partial charge is 0.259 e. The molecule has 2 aromatic rings. The van der Waals surface area contributed by atoms with Crippen LogP contribution in [0.1, 0.15) is 10.4 Å². The van der Waals surface area contributed by atoms with Gasteiger partial charge in [-0.3, -0.25) is 10.1 Å². The van der Waals surface area contributed by atoms with Gasteiger partial charge in [0.15, 0.2) is 0 Å². The van der Waals surface area contributed by atoms with Gasteiger partial charge >= 0.3 is 0 Å². The van der Waals surface area contributed by atoms with Gasteiger partial charge in [0.05, 0.1) is 15.1 Å². The monoisotopic (exact) mass is 345 g/mol. The molecule has 0 bridgehead atoms. The predicted octanol–water partition coefficient (Wildman–Crippen LogP) is 3.80. The summed E-state index contributed by atoms with van der Waals surface area (Å²) in [4.78, 5) is 19.8. The molecule has 0 atom stereocenters. The van der Waals surface area contributed by atoms with Gasteiger partial charge in [0.1, 0.15) is 0 Å². The molecule has 1 aromatic heterocycles. The van der Waals surface area contributed by atoms with Crippen molar-refractivity contribution in [1.29, 1.82) is 0 Å². The Kier molecular flexibility index (Phi) is 4.16. The highest BCUT2D eigenvalue weighted by atomic mass is 79.9. The van der Waals surface area contributed by atoms with Gasteiger partial charge in [-0.2, -0.15) is 0 Å². The molecular weight excluding hydrogens is 341 g/mol. The fourth-order valence-corrected chi connectivity index (χ4v) is 1.92. The Morgan fingerprint density at radius 3 is 2.50 bits per heavy atom. The van der Waals surface area contributed by atoms with Crippen LogP contribution in [0.4, 0.5) is 5.95 Å². The SMILES string of the molecule is O=C(Nc1ncc(Br)cn1)c1ccc(Cl)cc1Cl. The minimum Gasteiger partial charge on any atom is -0.290 e. The van der Waals surface area contributed by atoms with Crippen molar-refractivity contribution in [2.45, 2.75) is 0 Å². The number of nitrogens with zero attached hydrogens (tertiary/aromatic N) is 2. The molecule has 0 aliphatic heterocycles. The third kappa shape index (κ3) is 3.19. The van der Waals surface area contributed by atoms with Gasteiger partial charge in [0, 0.05) is 17.4 Å². The molecule has 2 rings (SSSR count). The number of benzene rings is 1. The lowest BCUT2D eigenvalue weighted by Gasteiger charge is -2.05. The van der Waals surface area contributed by atoms with E-state index in [4.69, 9.17) is 23.2 Å². The number of hydrogen-bond acceptors (Lipinski definition) is 3. The summed E-state index contributed by atoms with van der Waals surface area (Å²) in [7, 11) is 0. The van der Waals surface area contributed by atoms with E-state index in [0.717, 1.165) is 4.47 Å². The lowest BCUT2D eigenvalue weighted by molar-refractivity contribution is 0.102. The molecule has 0 fully saturated rings. The van der Waals surface area contributed by atoms with Gasteiger partial charge in [-0.15, -0.1) is 0 Å². The Morgan fingerprint density at radius 1 is 1.22 bits per heavy atom. The van der Waals surface area contributed by atoms with Crippen molar-refractivity contribution >= 4 is 51.0 Å². The van der Waals surface area contributed by atoms with Crippen molar-refractivity contribution in [2.75, 3.05) is 5.32 Å². The summed E-state index contributed by atoms with van der Waals surface area (Å²) >= 11 is 14.9. The van der Waals surface area contributed by atoms with Crippen LogP contribution in [0.5, 0.6) is 0 Å². The summed E-state index contributed by atoms with van der Waals surface area (Å²) in [6.45, 7) is 0. The Balaban J connectivity index is 2.19. The van der Waals surface area contributed by atoms with Crippen molar-refractivity contribution in [3.05, 3.63) is 50.7 Å². The highest BCUT2D eigenvalue weighted by Crippen LogP contribution is 2.21. The normalized spacial score (nSPS) is 10.2. The van der Waals surface area contributed by atoms with E-state index in [9.17, 15) is 4.79 Å². The molecule has 1 amide bonds. The van der Waals surface area contributed by atoms with Crippen molar-refractivity contribution in [1.82, 2.24) is 9.97 Å². The van der Waals surface area contributed by atoms with Gasteiger partial charge < -0.3 is 0 Å². The predicted molar refractivity (Wildman–Crippen MR) is 74.1 cm³/mol. The molecule has 0 radical (unpaired) electrons. The standard InChI is InChI=1S/C11H6BrCl2N3O/c12-6-4-15-11(16-5-6)17-10(18)8-2-1-7(13)3-9(8)14/h1-5H,(H,15,16,17,18). The lowest BCUT2D eigenvalue weighted by atomic mass is 10.2. The van der Waals surface area contributed by atoms with Crippen LogP contribution in [0.2, 0.25) is 10.0 Å². The van der Waals surface area contributed by atoms with Crippen LogP contribution in [0.25, 0.3) is 0 Å². The van der Waals surface area contributed by atoms with E-state index in [0.29, 0.717) is 10.6 Å². The average molecular weight is 347 g/mol. The Labute approximate surface area is 121 Å². The molecule has 0 spiro atoms. The van der Waals surface area contributed by atoms with Crippen molar-refractivity contribution < 1.29 is 4.79 Å². The molecule has 1 heterocycles.